The van der Waals surface area contributed by atoms with Crippen LogP contribution in [-0.4, -0.2) is 40.8 Å². The minimum absolute atomic E-state index is 0.0208. The van der Waals surface area contributed by atoms with E-state index < -0.39 is 0 Å². The molecule has 0 saturated carbocycles. The highest BCUT2D eigenvalue weighted by Crippen LogP contribution is 2.20. The van der Waals surface area contributed by atoms with Crippen molar-refractivity contribution in [3.8, 4) is 11.3 Å². The number of carbonyl (C=O) groups excluding carboxylic acids is 1. The van der Waals surface area contributed by atoms with Gasteiger partial charge in [0, 0.05) is 23.7 Å². The topological polar surface area (TPSA) is 93.7 Å². The summed E-state index contributed by atoms with van der Waals surface area (Å²) in [4.78, 5) is 20.4. The molecule has 148 valence electrons. The summed E-state index contributed by atoms with van der Waals surface area (Å²) in [7, 11) is 3.40. The Bertz CT molecular complexity index is 1020. The van der Waals surface area contributed by atoms with E-state index in [1.54, 1.807) is 30.4 Å². The van der Waals surface area contributed by atoms with Gasteiger partial charge >= 0.3 is 0 Å². The average Bonchev–Trinajstić information content (AvgIpc) is 2.74. The van der Waals surface area contributed by atoms with E-state index in [-0.39, 0.29) is 5.78 Å². The third kappa shape index (κ3) is 4.95. The quantitative estimate of drug-likeness (QED) is 0.301. The highest BCUT2D eigenvalue weighted by molar-refractivity contribution is 5.94. The van der Waals surface area contributed by atoms with Gasteiger partial charge in [-0.3, -0.25) is 9.80 Å². The number of aromatic nitrogens is 2. The number of ether oxygens (including phenoxy) is 1. The van der Waals surface area contributed by atoms with Crippen LogP contribution >= 0.6 is 0 Å². The molecule has 3 aromatic rings. The van der Waals surface area contributed by atoms with Crippen LogP contribution in [0, 0.1) is 0 Å². The van der Waals surface area contributed by atoms with E-state index >= 15 is 0 Å². The molecular weight excluding hydrogens is 366 g/mol. The van der Waals surface area contributed by atoms with Crippen LogP contribution < -0.4 is 5.73 Å². The van der Waals surface area contributed by atoms with Crippen LogP contribution in [-0.2, 0) is 11.3 Å². The lowest BCUT2D eigenvalue weighted by Crippen LogP contribution is -2.18. The molecule has 0 bridgehead atoms. The van der Waals surface area contributed by atoms with Gasteiger partial charge in [-0.15, -0.1) is 5.10 Å². The largest absolute Gasteiger partial charge is 0.480 e. The number of Topliss-reactive ketones (excluding diaryl/α,β-unsaturated/α-hetero) is 1. The zero-order valence-electron chi connectivity index (χ0n) is 16.7. The molecule has 2 N–H and O–H groups in total. The number of hydrogen-bond acceptors (Lipinski definition) is 7. The normalized spacial score (nSPS) is 11.2. The van der Waals surface area contributed by atoms with Crippen molar-refractivity contribution >= 4 is 17.5 Å². The maximum Gasteiger partial charge on any atom is 0.237 e. The molecule has 0 unspecified atom stereocenters. The van der Waals surface area contributed by atoms with Crippen LogP contribution in [0.5, 0.6) is 0 Å². The first-order valence-corrected chi connectivity index (χ1v) is 9.10. The highest BCUT2D eigenvalue weighted by Gasteiger charge is 2.11. The molecule has 0 fully saturated rings. The fourth-order valence-corrected chi connectivity index (χ4v) is 2.77. The van der Waals surface area contributed by atoms with Gasteiger partial charge in [0.1, 0.15) is 11.5 Å². The van der Waals surface area contributed by atoms with Crippen molar-refractivity contribution in [1.29, 1.82) is 0 Å². The molecule has 2 aromatic carbocycles. The number of nitrogens with zero attached hydrogens (tertiary/aromatic N) is 4. The summed E-state index contributed by atoms with van der Waals surface area (Å²) in [5, 5.41) is 6.21. The number of rotatable bonds is 6. The molecule has 0 radical (unpaired) electrons. The first-order valence-electron chi connectivity index (χ1n) is 9.10. The van der Waals surface area contributed by atoms with Crippen molar-refractivity contribution in [3.05, 3.63) is 77.6 Å². The Morgan fingerprint density at radius 2 is 1.79 bits per heavy atom. The lowest BCUT2D eigenvalue weighted by atomic mass is 10.1. The number of hydrogen-bond donors (Lipinski definition) is 1. The van der Waals surface area contributed by atoms with E-state index in [0.717, 1.165) is 11.1 Å². The Morgan fingerprint density at radius 3 is 2.41 bits per heavy atom. The number of nitrogen functional groups attached to an aromatic ring is 1. The zero-order chi connectivity index (χ0) is 20.8. The molecule has 29 heavy (non-hydrogen) atoms. The van der Waals surface area contributed by atoms with Crippen molar-refractivity contribution < 1.29 is 9.53 Å². The van der Waals surface area contributed by atoms with Gasteiger partial charge in [0.25, 0.3) is 0 Å². The van der Waals surface area contributed by atoms with Gasteiger partial charge in [0.05, 0.1) is 25.5 Å². The number of methoxy groups -OCH3 is 1. The Labute approximate surface area is 169 Å². The summed E-state index contributed by atoms with van der Waals surface area (Å²) in [5.41, 5.74) is 9.70. The first kappa shape index (κ1) is 20.0. The molecule has 7 heteroatoms. The Balaban J connectivity index is 1.82. The summed E-state index contributed by atoms with van der Waals surface area (Å²) in [6.07, 6.45) is 1.62. The second-order valence-electron chi connectivity index (χ2n) is 6.51. The molecule has 3 rings (SSSR count). The second kappa shape index (κ2) is 8.97. The highest BCUT2D eigenvalue weighted by atomic mass is 16.5. The summed E-state index contributed by atoms with van der Waals surface area (Å²) in [6, 6.07) is 16.9. The van der Waals surface area contributed by atoms with Gasteiger partial charge in [-0.1, -0.05) is 42.5 Å². The van der Waals surface area contributed by atoms with Crippen LogP contribution in [0.15, 0.2) is 65.9 Å². The monoisotopic (exact) mass is 389 g/mol. The SMILES string of the molecule is CO/C(=N\N(C)Cc1nc(-c2ccc(C(C)=O)cc2)cnc1N)c1ccccc1. The van der Waals surface area contributed by atoms with Gasteiger partial charge in [0.2, 0.25) is 5.90 Å². The number of benzene rings is 2. The van der Waals surface area contributed by atoms with E-state index in [2.05, 4.69) is 15.1 Å². The summed E-state index contributed by atoms with van der Waals surface area (Å²) < 4.78 is 5.41. The minimum atomic E-state index is 0.0208. The van der Waals surface area contributed by atoms with Crippen molar-refractivity contribution in [2.75, 3.05) is 19.9 Å². The van der Waals surface area contributed by atoms with E-state index in [9.17, 15) is 4.79 Å². The van der Waals surface area contributed by atoms with Gasteiger partial charge in [-0.05, 0) is 19.1 Å². The number of anilines is 1. The summed E-state index contributed by atoms with van der Waals surface area (Å²) in [5.74, 6) is 0.859. The van der Waals surface area contributed by atoms with E-state index in [4.69, 9.17) is 10.5 Å². The Hall–Kier alpha value is -3.74. The first-order chi connectivity index (χ1) is 14.0. The van der Waals surface area contributed by atoms with Crippen LogP contribution in [0.3, 0.4) is 0 Å². The van der Waals surface area contributed by atoms with Crippen LogP contribution in [0.25, 0.3) is 11.3 Å². The molecule has 0 aliphatic heterocycles. The van der Waals surface area contributed by atoms with Crippen LogP contribution in [0.4, 0.5) is 5.82 Å². The van der Waals surface area contributed by atoms with Crippen molar-refractivity contribution in [2.24, 2.45) is 5.10 Å². The standard InChI is InChI=1S/C22H23N5O2/c1-15(28)16-9-11-17(12-10-16)19-13-24-21(23)20(25-19)14-27(2)26-22(29-3)18-7-5-4-6-8-18/h4-13H,14H2,1-3H3,(H2,23,24)/b26-22-. The molecule has 0 aliphatic carbocycles. The number of nitrogens with two attached hydrogens (primary N) is 1. The molecule has 0 saturated heterocycles. The van der Waals surface area contributed by atoms with Crippen LogP contribution in [0.2, 0.25) is 0 Å². The molecule has 7 nitrogen and oxygen atoms in total. The van der Waals surface area contributed by atoms with Gasteiger partial charge < -0.3 is 10.5 Å². The molecule has 1 heterocycles. The van der Waals surface area contributed by atoms with Crippen molar-refractivity contribution in [3.63, 3.8) is 0 Å². The van der Waals surface area contributed by atoms with Crippen LogP contribution in [0.1, 0.15) is 28.5 Å². The second-order valence-corrected chi connectivity index (χ2v) is 6.51. The van der Waals surface area contributed by atoms with Gasteiger partial charge in [0.15, 0.2) is 5.78 Å². The fourth-order valence-electron chi connectivity index (χ4n) is 2.77. The Kier molecular flexibility index (Phi) is 6.19. The van der Waals surface area contributed by atoms with E-state index in [0.29, 0.717) is 35.2 Å². The number of carbonyl (C=O) groups is 1. The van der Waals surface area contributed by atoms with E-state index in [1.165, 1.54) is 6.92 Å². The number of hydrazone groups is 1. The van der Waals surface area contributed by atoms with Gasteiger partial charge in [-0.2, -0.15) is 0 Å². The molecule has 0 aliphatic rings. The lowest BCUT2D eigenvalue weighted by molar-refractivity contribution is 0.101. The summed E-state index contributed by atoms with van der Waals surface area (Å²) in [6.45, 7) is 1.90. The average molecular weight is 389 g/mol. The third-order valence-corrected chi connectivity index (χ3v) is 4.32. The van der Waals surface area contributed by atoms with Crippen molar-refractivity contribution in [1.82, 2.24) is 15.0 Å². The molecule has 0 amide bonds. The van der Waals surface area contributed by atoms with Gasteiger partial charge in [-0.25, -0.2) is 9.97 Å². The zero-order valence-corrected chi connectivity index (χ0v) is 16.7. The van der Waals surface area contributed by atoms with E-state index in [1.807, 2.05) is 49.5 Å². The smallest absolute Gasteiger partial charge is 0.237 e. The summed E-state index contributed by atoms with van der Waals surface area (Å²) >= 11 is 0. The third-order valence-electron chi connectivity index (χ3n) is 4.32. The molecule has 1 aromatic heterocycles. The maximum atomic E-state index is 11.5. The maximum absolute atomic E-state index is 11.5. The number of ketones is 1. The fraction of sp³-hybridized carbons (Fsp3) is 0.182. The molecular formula is C22H23N5O2. The predicted octanol–water partition coefficient (Wildman–Crippen LogP) is 3.37. The lowest BCUT2D eigenvalue weighted by Gasteiger charge is -2.16. The predicted molar refractivity (Wildman–Crippen MR) is 113 cm³/mol. The molecule has 0 spiro atoms. The molecule has 0 atom stereocenters. The Morgan fingerprint density at radius 1 is 1.10 bits per heavy atom. The van der Waals surface area contributed by atoms with Crippen molar-refractivity contribution in [2.45, 2.75) is 13.5 Å². The minimum Gasteiger partial charge on any atom is -0.480 e.